The summed E-state index contributed by atoms with van der Waals surface area (Å²) >= 11 is 0. The van der Waals surface area contributed by atoms with E-state index in [-0.39, 0.29) is 0 Å². The van der Waals surface area contributed by atoms with E-state index >= 15 is 0 Å². The molecule has 0 saturated carbocycles. The molecule has 2 aromatic heterocycles. The van der Waals surface area contributed by atoms with E-state index in [2.05, 4.69) is 145 Å². The summed E-state index contributed by atoms with van der Waals surface area (Å²) in [4.78, 5) is 9.44. The molecule has 0 fully saturated rings. The molecule has 2 aliphatic carbocycles. The van der Waals surface area contributed by atoms with Gasteiger partial charge in [0.05, 0.1) is 11.1 Å². The smallest absolute Gasteiger partial charge is 0.0732 e. The Bertz CT molecular complexity index is 2790. The fourth-order valence-corrected chi connectivity index (χ4v) is 9.16. The first-order chi connectivity index (χ1) is 24.3. The maximum Gasteiger partial charge on any atom is 0.0732 e. The van der Waals surface area contributed by atoms with Crippen molar-refractivity contribution in [3.05, 3.63) is 193 Å². The third-order valence-electron chi connectivity index (χ3n) is 11.0. The minimum absolute atomic E-state index is 0.508. The molecule has 1 spiro atoms. The van der Waals surface area contributed by atoms with Gasteiger partial charge in [0.25, 0.3) is 0 Å². The van der Waals surface area contributed by atoms with Crippen LogP contribution in [0.2, 0.25) is 0 Å². The number of hydrogen-bond acceptors (Lipinski definition) is 2. The zero-order valence-electron chi connectivity index (χ0n) is 26.6. The van der Waals surface area contributed by atoms with Crippen molar-refractivity contribution in [2.24, 2.45) is 0 Å². The van der Waals surface area contributed by atoms with Crippen molar-refractivity contribution in [1.29, 1.82) is 0 Å². The van der Waals surface area contributed by atoms with Crippen LogP contribution in [0.5, 0.6) is 0 Å². The molecule has 0 saturated heterocycles. The number of nitrogens with zero attached hydrogens (tertiary/aromatic N) is 2. The summed E-state index contributed by atoms with van der Waals surface area (Å²) in [5, 5.41) is 7.68. The van der Waals surface area contributed by atoms with Gasteiger partial charge >= 0.3 is 0 Å². The van der Waals surface area contributed by atoms with E-state index in [4.69, 9.17) is 4.98 Å². The monoisotopic (exact) mass is 620 g/mol. The molecule has 0 unspecified atom stereocenters. The van der Waals surface area contributed by atoms with E-state index in [1.807, 2.05) is 30.7 Å². The summed E-state index contributed by atoms with van der Waals surface area (Å²) in [7, 11) is 0. The van der Waals surface area contributed by atoms with E-state index in [9.17, 15) is 0 Å². The van der Waals surface area contributed by atoms with Gasteiger partial charge in [0.1, 0.15) is 0 Å². The van der Waals surface area contributed by atoms with Crippen LogP contribution in [0, 0.1) is 0 Å². The topological polar surface area (TPSA) is 25.8 Å². The summed E-state index contributed by atoms with van der Waals surface area (Å²) in [5.41, 5.74) is 14.4. The van der Waals surface area contributed by atoms with E-state index < -0.39 is 5.41 Å². The van der Waals surface area contributed by atoms with Crippen molar-refractivity contribution in [2.45, 2.75) is 5.41 Å². The number of rotatable bonds is 2. The average Bonchev–Trinajstić information content (AvgIpc) is 3.66. The molecule has 2 aliphatic rings. The summed E-state index contributed by atoms with van der Waals surface area (Å²) in [6.07, 6.45) is 5.77. The van der Waals surface area contributed by atoms with Crippen LogP contribution >= 0.6 is 0 Å². The summed E-state index contributed by atoms with van der Waals surface area (Å²) in [5.74, 6) is 0. The first-order valence-electron chi connectivity index (χ1n) is 16.9. The minimum atomic E-state index is -0.508. The van der Waals surface area contributed by atoms with Gasteiger partial charge in [-0.3, -0.25) is 9.97 Å². The first-order valence-corrected chi connectivity index (χ1v) is 16.9. The highest BCUT2D eigenvalue weighted by atomic mass is 14.7. The third-order valence-corrected chi connectivity index (χ3v) is 11.0. The highest BCUT2D eigenvalue weighted by molar-refractivity contribution is 6.24. The number of benzene rings is 7. The van der Waals surface area contributed by atoms with Gasteiger partial charge in [-0.2, -0.15) is 0 Å². The summed E-state index contributed by atoms with van der Waals surface area (Å²) < 4.78 is 0. The van der Waals surface area contributed by atoms with Crippen LogP contribution in [-0.4, -0.2) is 9.97 Å². The predicted molar refractivity (Wildman–Crippen MR) is 202 cm³/mol. The van der Waals surface area contributed by atoms with E-state index in [1.54, 1.807) is 0 Å². The lowest BCUT2D eigenvalue weighted by Gasteiger charge is -2.32. The van der Waals surface area contributed by atoms with Crippen LogP contribution in [0.3, 0.4) is 0 Å². The van der Waals surface area contributed by atoms with Gasteiger partial charge < -0.3 is 0 Å². The zero-order chi connectivity index (χ0) is 32.1. The lowest BCUT2D eigenvalue weighted by molar-refractivity contribution is 0.803. The molecule has 0 aliphatic heterocycles. The van der Waals surface area contributed by atoms with Crippen molar-refractivity contribution >= 4 is 32.3 Å². The van der Waals surface area contributed by atoms with Gasteiger partial charge in [-0.15, -0.1) is 0 Å². The van der Waals surface area contributed by atoms with Gasteiger partial charge in [-0.1, -0.05) is 127 Å². The standard InChI is InChI=1S/C47H28N2/c1-5-19-37-31(13-1)32-14-3-6-20-38(32)46-45(37)44-36-18-4-2-15-33(36)39(29-25-30(28-48-27-29)43-23-11-12-24-49-43)26-42(44)47(46)40-21-9-7-16-34(40)35-17-8-10-22-41(35)47/h1-28H. The average molecular weight is 621 g/mol. The van der Waals surface area contributed by atoms with Crippen LogP contribution in [0.4, 0.5) is 0 Å². The van der Waals surface area contributed by atoms with Crippen LogP contribution in [-0.2, 0) is 5.41 Å². The molecular weight excluding hydrogens is 593 g/mol. The Morgan fingerprint density at radius 3 is 1.63 bits per heavy atom. The van der Waals surface area contributed by atoms with Crippen molar-refractivity contribution in [2.75, 3.05) is 0 Å². The van der Waals surface area contributed by atoms with Gasteiger partial charge in [0, 0.05) is 29.7 Å². The van der Waals surface area contributed by atoms with E-state index in [0.29, 0.717) is 0 Å². The van der Waals surface area contributed by atoms with Gasteiger partial charge in [-0.25, -0.2) is 0 Å². The molecule has 0 atom stereocenters. The van der Waals surface area contributed by atoms with Crippen molar-refractivity contribution in [1.82, 2.24) is 9.97 Å². The molecule has 9 aromatic rings. The third kappa shape index (κ3) is 3.40. The molecular formula is C47H28N2. The molecule has 0 amide bonds. The SMILES string of the molecule is c1ccc(-c2cncc(-c3cc4c(c5ccccc35)-c3c(c5ccccc5c5ccccc35)C43c4ccccc4-c4ccccc43)c2)nc1. The predicted octanol–water partition coefficient (Wildman–Crippen LogP) is 11.6. The number of hydrogen-bond donors (Lipinski definition) is 0. The Morgan fingerprint density at radius 1 is 0.388 bits per heavy atom. The molecule has 2 heterocycles. The van der Waals surface area contributed by atoms with E-state index in [1.165, 1.54) is 82.4 Å². The van der Waals surface area contributed by atoms with Crippen LogP contribution in [0.15, 0.2) is 170 Å². The fourth-order valence-electron chi connectivity index (χ4n) is 9.16. The molecule has 2 heteroatoms. The van der Waals surface area contributed by atoms with Crippen molar-refractivity contribution in [3.8, 4) is 44.6 Å². The van der Waals surface area contributed by atoms with Gasteiger partial charge in [0.2, 0.25) is 0 Å². The second kappa shape index (κ2) is 9.82. The minimum Gasteiger partial charge on any atom is -0.263 e. The fraction of sp³-hybridized carbons (Fsp3) is 0.0213. The molecule has 0 bridgehead atoms. The Kier molecular flexibility index (Phi) is 5.34. The Morgan fingerprint density at radius 2 is 0.939 bits per heavy atom. The molecule has 0 radical (unpaired) electrons. The lowest BCUT2D eigenvalue weighted by atomic mass is 9.68. The first kappa shape index (κ1) is 26.7. The molecule has 226 valence electrons. The molecule has 2 nitrogen and oxygen atoms in total. The van der Waals surface area contributed by atoms with Gasteiger partial charge in [-0.05, 0) is 107 Å². The lowest BCUT2D eigenvalue weighted by Crippen LogP contribution is -2.26. The van der Waals surface area contributed by atoms with Gasteiger partial charge in [0.15, 0.2) is 0 Å². The molecule has 49 heavy (non-hydrogen) atoms. The van der Waals surface area contributed by atoms with Crippen molar-refractivity contribution < 1.29 is 0 Å². The maximum atomic E-state index is 4.78. The zero-order valence-corrected chi connectivity index (χ0v) is 26.6. The molecule has 0 N–H and O–H groups in total. The Balaban J connectivity index is 1.37. The Hall–Kier alpha value is -6.38. The highest BCUT2D eigenvalue weighted by Crippen LogP contribution is 2.66. The number of aromatic nitrogens is 2. The second-order valence-electron chi connectivity index (χ2n) is 13.3. The molecule has 11 rings (SSSR count). The number of fused-ring (bicyclic) bond motifs is 17. The highest BCUT2D eigenvalue weighted by Gasteiger charge is 2.53. The normalized spacial score (nSPS) is 13.5. The van der Waals surface area contributed by atoms with Crippen LogP contribution in [0.25, 0.3) is 77.0 Å². The van der Waals surface area contributed by atoms with Crippen LogP contribution < -0.4 is 0 Å². The molecule has 7 aromatic carbocycles. The second-order valence-corrected chi connectivity index (χ2v) is 13.3. The van der Waals surface area contributed by atoms with Crippen molar-refractivity contribution in [3.63, 3.8) is 0 Å². The van der Waals surface area contributed by atoms with E-state index in [0.717, 1.165) is 16.8 Å². The Labute approximate surface area is 284 Å². The maximum absolute atomic E-state index is 4.78. The quantitative estimate of drug-likeness (QED) is 0.180. The summed E-state index contributed by atoms with van der Waals surface area (Å²) in [6, 6.07) is 56.0. The summed E-state index contributed by atoms with van der Waals surface area (Å²) in [6.45, 7) is 0. The van der Waals surface area contributed by atoms with Crippen LogP contribution in [0.1, 0.15) is 22.3 Å². The number of pyridine rings is 2. The largest absolute Gasteiger partial charge is 0.263 e.